The average Bonchev–Trinajstić information content (AvgIpc) is 2.94. The molecule has 0 aromatic carbocycles. The molecule has 2 aliphatic carbocycles. The molecule has 1 saturated heterocycles. The first-order chi connectivity index (χ1) is 10.7. The van der Waals surface area contributed by atoms with Gasteiger partial charge in [-0.15, -0.1) is 24.0 Å². The summed E-state index contributed by atoms with van der Waals surface area (Å²) in [4.78, 5) is 6.98. The zero-order chi connectivity index (χ0) is 15.4. The Kier molecular flexibility index (Phi) is 7.79. The summed E-state index contributed by atoms with van der Waals surface area (Å²) >= 11 is 2.20. The van der Waals surface area contributed by atoms with Crippen molar-refractivity contribution in [1.82, 2.24) is 10.2 Å². The zero-order valence-corrected chi connectivity index (χ0v) is 17.4. The molecule has 2 unspecified atom stereocenters. The third-order valence-electron chi connectivity index (χ3n) is 5.67. The molecule has 3 rings (SSSR count). The maximum Gasteiger partial charge on any atom is 0.193 e. The van der Waals surface area contributed by atoms with Crippen LogP contribution in [0.5, 0.6) is 0 Å². The summed E-state index contributed by atoms with van der Waals surface area (Å²) in [6.07, 6.45) is 10.1. The summed E-state index contributed by atoms with van der Waals surface area (Å²) in [7, 11) is 1.89. The number of nitrogens with one attached hydrogen (secondary N) is 1. The molecule has 1 heterocycles. The number of rotatable bonds is 2. The second-order valence-electron chi connectivity index (χ2n) is 7.20. The molecule has 0 radical (unpaired) electrons. The third kappa shape index (κ3) is 4.91. The summed E-state index contributed by atoms with van der Waals surface area (Å²) in [5.74, 6) is 2.66. The Morgan fingerprint density at radius 3 is 2.70 bits per heavy atom. The molecule has 2 saturated carbocycles. The predicted molar refractivity (Wildman–Crippen MR) is 110 cm³/mol. The van der Waals surface area contributed by atoms with E-state index in [1.54, 1.807) is 0 Å². The van der Waals surface area contributed by atoms with E-state index < -0.39 is 0 Å². The lowest BCUT2D eigenvalue weighted by Gasteiger charge is -2.45. The van der Waals surface area contributed by atoms with Crippen LogP contribution < -0.4 is 5.32 Å². The number of halogens is 1. The van der Waals surface area contributed by atoms with Crippen molar-refractivity contribution in [2.75, 3.05) is 32.4 Å². The van der Waals surface area contributed by atoms with E-state index in [1.807, 2.05) is 7.05 Å². The number of aliphatic hydroxyl groups is 1. The van der Waals surface area contributed by atoms with Gasteiger partial charge >= 0.3 is 0 Å². The smallest absolute Gasteiger partial charge is 0.193 e. The van der Waals surface area contributed by atoms with Crippen LogP contribution >= 0.6 is 35.7 Å². The fraction of sp³-hybridized carbons (Fsp3) is 0.941. The molecule has 3 aliphatic rings. The van der Waals surface area contributed by atoms with E-state index in [0.717, 1.165) is 44.9 Å². The van der Waals surface area contributed by atoms with Crippen molar-refractivity contribution in [2.45, 2.75) is 62.2 Å². The predicted octanol–water partition coefficient (Wildman–Crippen LogP) is 3.09. The molecule has 1 spiro atoms. The van der Waals surface area contributed by atoms with Gasteiger partial charge in [0, 0.05) is 43.1 Å². The molecule has 23 heavy (non-hydrogen) atoms. The average molecular weight is 453 g/mol. The minimum atomic E-state index is -0.118. The van der Waals surface area contributed by atoms with Crippen molar-refractivity contribution in [2.24, 2.45) is 10.9 Å². The van der Waals surface area contributed by atoms with Gasteiger partial charge in [-0.25, -0.2) is 0 Å². The van der Waals surface area contributed by atoms with Crippen molar-refractivity contribution in [1.29, 1.82) is 0 Å². The van der Waals surface area contributed by atoms with E-state index in [9.17, 15) is 5.11 Å². The highest BCUT2D eigenvalue weighted by molar-refractivity contribution is 14.0. The van der Waals surface area contributed by atoms with Gasteiger partial charge in [0.15, 0.2) is 5.96 Å². The Bertz CT molecular complexity index is 396. The summed E-state index contributed by atoms with van der Waals surface area (Å²) < 4.78 is 0.473. The molecule has 0 amide bonds. The number of aliphatic imine (C=N–C) groups is 1. The largest absolute Gasteiger partial charge is 0.393 e. The number of aliphatic hydroxyl groups excluding tert-OH is 1. The van der Waals surface area contributed by atoms with E-state index in [1.165, 1.54) is 37.9 Å². The Morgan fingerprint density at radius 1 is 1.26 bits per heavy atom. The van der Waals surface area contributed by atoms with Crippen molar-refractivity contribution in [3.8, 4) is 0 Å². The maximum absolute atomic E-state index is 9.99. The Hall–Kier alpha value is 0.310. The second-order valence-corrected chi connectivity index (χ2v) is 8.76. The number of guanidine groups is 1. The molecule has 134 valence electrons. The van der Waals surface area contributed by atoms with Gasteiger partial charge in [-0.2, -0.15) is 11.8 Å². The Labute approximate surface area is 162 Å². The highest BCUT2D eigenvalue weighted by Gasteiger charge is 2.38. The fourth-order valence-corrected chi connectivity index (χ4v) is 5.90. The normalized spacial score (nSPS) is 31.0. The highest BCUT2D eigenvalue weighted by Crippen LogP contribution is 2.42. The summed E-state index contributed by atoms with van der Waals surface area (Å²) in [6, 6.07) is 0. The summed E-state index contributed by atoms with van der Waals surface area (Å²) in [5.41, 5.74) is 0. The van der Waals surface area contributed by atoms with Crippen molar-refractivity contribution < 1.29 is 5.11 Å². The molecular weight excluding hydrogens is 421 g/mol. The van der Waals surface area contributed by atoms with Crippen LogP contribution in [0.1, 0.15) is 51.4 Å². The van der Waals surface area contributed by atoms with Crippen LogP contribution in [0.4, 0.5) is 0 Å². The molecule has 0 aromatic heterocycles. The van der Waals surface area contributed by atoms with E-state index in [2.05, 4.69) is 27.0 Å². The number of hydrogen-bond acceptors (Lipinski definition) is 3. The molecule has 2 atom stereocenters. The van der Waals surface area contributed by atoms with Gasteiger partial charge in [-0.05, 0) is 25.7 Å². The van der Waals surface area contributed by atoms with Gasteiger partial charge in [-0.3, -0.25) is 4.99 Å². The second kappa shape index (κ2) is 9.13. The minimum Gasteiger partial charge on any atom is -0.393 e. The molecule has 2 N–H and O–H groups in total. The van der Waals surface area contributed by atoms with Gasteiger partial charge in [0.1, 0.15) is 0 Å². The molecule has 0 aromatic rings. The van der Waals surface area contributed by atoms with Gasteiger partial charge in [0.25, 0.3) is 0 Å². The number of thioether (sulfide) groups is 1. The number of hydrogen-bond donors (Lipinski definition) is 2. The van der Waals surface area contributed by atoms with E-state index in [0.29, 0.717) is 10.7 Å². The lowest BCUT2D eigenvalue weighted by atomic mass is 9.87. The molecule has 4 nitrogen and oxygen atoms in total. The summed E-state index contributed by atoms with van der Waals surface area (Å²) in [6.45, 7) is 3.11. The van der Waals surface area contributed by atoms with Crippen molar-refractivity contribution >= 4 is 41.7 Å². The highest BCUT2D eigenvalue weighted by atomic mass is 127. The van der Waals surface area contributed by atoms with Crippen molar-refractivity contribution in [3.05, 3.63) is 0 Å². The van der Waals surface area contributed by atoms with E-state index >= 15 is 0 Å². The SMILES string of the molecule is CN=C(NCC1CCCC1O)N1CCSC2(CCCCC2)C1.I. The van der Waals surface area contributed by atoms with Crippen LogP contribution in [-0.2, 0) is 0 Å². The first-order valence-electron chi connectivity index (χ1n) is 9.00. The van der Waals surface area contributed by atoms with Gasteiger partial charge < -0.3 is 15.3 Å². The topological polar surface area (TPSA) is 47.9 Å². The third-order valence-corrected chi connectivity index (χ3v) is 7.20. The van der Waals surface area contributed by atoms with Crippen LogP contribution in [-0.4, -0.2) is 59.3 Å². The lowest BCUT2D eigenvalue weighted by molar-refractivity contribution is 0.133. The van der Waals surface area contributed by atoms with E-state index in [4.69, 9.17) is 0 Å². The van der Waals surface area contributed by atoms with Gasteiger partial charge in [-0.1, -0.05) is 25.7 Å². The molecule has 1 aliphatic heterocycles. The quantitative estimate of drug-likeness (QED) is 0.383. The van der Waals surface area contributed by atoms with Crippen molar-refractivity contribution in [3.63, 3.8) is 0 Å². The standard InChI is InChI=1S/C17H31N3OS.HI/c1-18-16(19-12-14-6-5-7-15(14)21)20-10-11-22-17(13-20)8-3-2-4-9-17;/h14-15,21H,2-13H2,1H3,(H,18,19);1H. The maximum atomic E-state index is 9.99. The van der Waals surface area contributed by atoms with Gasteiger partial charge in [0.05, 0.1) is 6.10 Å². The summed E-state index contributed by atoms with van der Waals surface area (Å²) in [5, 5.41) is 13.5. The van der Waals surface area contributed by atoms with Crippen LogP contribution in [0.25, 0.3) is 0 Å². The van der Waals surface area contributed by atoms with Crippen LogP contribution in [0.2, 0.25) is 0 Å². The van der Waals surface area contributed by atoms with Crippen LogP contribution in [0.3, 0.4) is 0 Å². The molecule has 6 heteroatoms. The van der Waals surface area contributed by atoms with Gasteiger partial charge in [0.2, 0.25) is 0 Å². The van der Waals surface area contributed by atoms with E-state index in [-0.39, 0.29) is 30.1 Å². The molecular formula is C17H32IN3OS. The first kappa shape index (κ1) is 19.6. The molecule has 0 bridgehead atoms. The Balaban J connectivity index is 0.00000192. The monoisotopic (exact) mass is 453 g/mol. The fourth-order valence-electron chi connectivity index (χ4n) is 4.33. The molecule has 3 fully saturated rings. The van der Waals surface area contributed by atoms with Crippen LogP contribution in [0, 0.1) is 5.92 Å². The zero-order valence-electron chi connectivity index (χ0n) is 14.3. The van der Waals surface area contributed by atoms with Crippen LogP contribution in [0.15, 0.2) is 4.99 Å². The minimum absolute atomic E-state index is 0. The number of nitrogens with zero attached hydrogens (tertiary/aromatic N) is 2. The first-order valence-corrected chi connectivity index (χ1v) is 9.99. The Morgan fingerprint density at radius 2 is 2.04 bits per heavy atom. The lowest BCUT2D eigenvalue weighted by Crippen LogP contribution is -2.54.